The van der Waals surface area contributed by atoms with Crippen LogP contribution in [-0.4, -0.2) is 9.97 Å². The summed E-state index contributed by atoms with van der Waals surface area (Å²) in [5.74, 6) is 0. The van der Waals surface area contributed by atoms with E-state index in [0.29, 0.717) is 0 Å². The van der Waals surface area contributed by atoms with Crippen molar-refractivity contribution < 1.29 is 0 Å². The van der Waals surface area contributed by atoms with Crippen LogP contribution in [0.5, 0.6) is 0 Å². The minimum atomic E-state index is 0.724. The van der Waals surface area contributed by atoms with Crippen LogP contribution in [0.15, 0.2) is 67.1 Å². The van der Waals surface area contributed by atoms with Crippen LogP contribution in [0.25, 0.3) is 22.4 Å². The van der Waals surface area contributed by atoms with E-state index < -0.39 is 0 Å². The van der Waals surface area contributed by atoms with Gasteiger partial charge in [0.15, 0.2) is 0 Å². The Bertz CT molecular complexity index is 679. The number of hydrogen-bond donors (Lipinski definition) is 0. The molecular formula is C16H11ClN2. The van der Waals surface area contributed by atoms with Gasteiger partial charge in [-0.2, -0.15) is 0 Å². The van der Waals surface area contributed by atoms with Crippen molar-refractivity contribution in [3.8, 4) is 22.4 Å². The van der Waals surface area contributed by atoms with Crippen molar-refractivity contribution in [2.75, 3.05) is 0 Å². The fourth-order valence-corrected chi connectivity index (χ4v) is 2.12. The predicted octanol–water partition coefficient (Wildman–Crippen LogP) is 4.46. The summed E-state index contributed by atoms with van der Waals surface area (Å²) in [5, 5.41) is 0.724. The Hall–Kier alpha value is -2.19. The summed E-state index contributed by atoms with van der Waals surface area (Å²) in [5.41, 5.74) is 4.07. The third-order valence-electron chi connectivity index (χ3n) is 2.91. The van der Waals surface area contributed by atoms with E-state index in [-0.39, 0.29) is 0 Å². The smallest absolute Gasteiger partial charge is 0.116 e. The molecule has 0 spiro atoms. The number of halogens is 1. The van der Waals surface area contributed by atoms with E-state index in [1.54, 1.807) is 6.33 Å². The van der Waals surface area contributed by atoms with Gasteiger partial charge in [-0.25, -0.2) is 9.97 Å². The lowest BCUT2D eigenvalue weighted by atomic mass is 10.0. The second kappa shape index (κ2) is 5.21. The van der Waals surface area contributed by atoms with E-state index in [0.717, 1.165) is 27.4 Å². The molecule has 1 heterocycles. The molecule has 2 aromatic carbocycles. The molecule has 3 heteroatoms. The Kier molecular flexibility index (Phi) is 3.25. The first-order chi connectivity index (χ1) is 9.34. The highest BCUT2D eigenvalue weighted by Gasteiger charge is 2.08. The van der Waals surface area contributed by atoms with Gasteiger partial charge >= 0.3 is 0 Å². The molecule has 19 heavy (non-hydrogen) atoms. The molecule has 0 fully saturated rings. The quantitative estimate of drug-likeness (QED) is 0.684. The molecule has 0 saturated heterocycles. The van der Waals surface area contributed by atoms with Crippen LogP contribution in [0.4, 0.5) is 0 Å². The summed E-state index contributed by atoms with van der Waals surface area (Å²) in [6, 6.07) is 17.8. The molecule has 2 nitrogen and oxygen atoms in total. The minimum absolute atomic E-state index is 0.724. The van der Waals surface area contributed by atoms with Crippen LogP contribution < -0.4 is 0 Å². The zero-order valence-electron chi connectivity index (χ0n) is 10.1. The van der Waals surface area contributed by atoms with Crippen LogP contribution in [0.3, 0.4) is 0 Å². The van der Waals surface area contributed by atoms with Gasteiger partial charge in [-0.05, 0) is 17.7 Å². The number of rotatable bonds is 2. The van der Waals surface area contributed by atoms with Crippen LogP contribution >= 0.6 is 11.6 Å². The van der Waals surface area contributed by atoms with Crippen molar-refractivity contribution >= 4 is 11.6 Å². The van der Waals surface area contributed by atoms with Gasteiger partial charge in [-0.15, -0.1) is 0 Å². The van der Waals surface area contributed by atoms with Gasteiger partial charge in [0.25, 0.3) is 0 Å². The molecule has 0 amide bonds. The van der Waals surface area contributed by atoms with Gasteiger partial charge in [0.2, 0.25) is 0 Å². The van der Waals surface area contributed by atoms with Crippen LogP contribution in [0, 0.1) is 0 Å². The average Bonchev–Trinajstić information content (AvgIpc) is 2.49. The topological polar surface area (TPSA) is 25.8 Å². The van der Waals surface area contributed by atoms with E-state index in [4.69, 9.17) is 11.6 Å². The highest BCUT2D eigenvalue weighted by atomic mass is 35.5. The predicted molar refractivity (Wildman–Crippen MR) is 77.9 cm³/mol. The van der Waals surface area contributed by atoms with Crippen molar-refractivity contribution in [2.45, 2.75) is 0 Å². The molecule has 0 saturated carbocycles. The summed E-state index contributed by atoms with van der Waals surface area (Å²) in [7, 11) is 0. The van der Waals surface area contributed by atoms with Crippen molar-refractivity contribution in [3.05, 3.63) is 72.1 Å². The summed E-state index contributed by atoms with van der Waals surface area (Å²) >= 11 is 5.92. The molecule has 3 rings (SSSR count). The highest BCUT2D eigenvalue weighted by Crippen LogP contribution is 2.29. The van der Waals surface area contributed by atoms with Crippen molar-refractivity contribution in [1.82, 2.24) is 9.97 Å². The molecule has 3 aromatic rings. The van der Waals surface area contributed by atoms with Gasteiger partial charge in [-0.3, -0.25) is 0 Å². The van der Waals surface area contributed by atoms with Crippen molar-refractivity contribution in [2.24, 2.45) is 0 Å². The van der Waals surface area contributed by atoms with Crippen LogP contribution in [0.2, 0.25) is 5.02 Å². The molecule has 0 atom stereocenters. The van der Waals surface area contributed by atoms with E-state index in [1.165, 1.54) is 0 Å². The van der Waals surface area contributed by atoms with E-state index >= 15 is 0 Å². The number of benzene rings is 2. The van der Waals surface area contributed by atoms with E-state index in [2.05, 4.69) is 9.97 Å². The fraction of sp³-hybridized carbons (Fsp3) is 0. The molecule has 0 unspecified atom stereocenters. The lowest BCUT2D eigenvalue weighted by Crippen LogP contribution is -1.90. The first-order valence-electron chi connectivity index (χ1n) is 5.96. The Labute approximate surface area is 116 Å². The molecule has 0 N–H and O–H groups in total. The molecule has 0 bridgehead atoms. The van der Waals surface area contributed by atoms with E-state index in [1.807, 2.05) is 60.8 Å². The summed E-state index contributed by atoms with van der Waals surface area (Å²) in [6.45, 7) is 0. The highest BCUT2D eigenvalue weighted by molar-refractivity contribution is 6.30. The molecule has 0 aliphatic carbocycles. The second-order valence-corrected chi connectivity index (χ2v) is 4.59. The molecule has 0 radical (unpaired) electrons. The molecule has 0 aliphatic heterocycles. The summed E-state index contributed by atoms with van der Waals surface area (Å²) < 4.78 is 0. The number of hydrogen-bond acceptors (Lipinski definition) is 2. The lowest BCUT2D eigenvalue weighted by molar-refractivity contribution is 1.17. The molecular weight excluding hydrogens is 256 g/mol. The van der Waals surface area contributed by atoms with Gasteiger partial charge < -0.3 is 0 Å². The van der Waals surface area contributed by atoms with Gasteiger partial charge in [0, 0.05) is 22.3 Å². The zero-order chi connectivity index (χ0) is 13.1. The largest absolute Gasteiger partial charge is 0.244 e. The summed E-state index contributed by atoms with van der Waals surface area (Å²) in [6.07, 6.45) is 3.40. The normalized spacial score (nSPS) is 10.4. The van der Waals surface area contributed by atoms with E-state index in [9.17, 15) is 0 Å². The van der Waals surface area contributed by atoms with Crippen LogP contribution in [-0.2, 0) is 0 Å². The zero-order valence-corrected chi connectivity index (χ0v) is 10.9. The third kappa shape index (κ3) is 2.49. The SMILES string of the molecule is Clc1ccc(-c2cncnc2-c2ccccc2)cc1. The number of aromatic nitrogens is 2. The van der Waals surface area contributed by atoms with Gasteiger partial charge in [0.1, 0.15) is 6.33 Å². The number of nitrogens with zero attached hydrogens (tertiary/aromatic N) is 2. The molecule has 92 valence electrons. The maximum absolute atomic E-state index is 5.92. The first-order valence-corrected chi connectivity index (χ1v) is 6.34. The lowest BCUT2D eigenvalue weighted by Gasteiger charge is -2.08. The second-order valence-electron chi connectivity index (χ2n) is 4.16. The summed E-state index contributed by atoms with van der Waals surface area (Å²) in [4.78, 5) is 8.53. The molecule has 0 aliphatic rings. The van der Waals surface area contributed by atoms with Gasteiger partial charge in [-0.1, -0.05) is 54.1 Å². The molecule has 1 aromatic heterocycles. The van der Waals surface area contributed by atoms with Crippen LogP contribution in [0.1, 0.15) is 0 Å². The maximum Gasteiger partial charge on any atom is 0.116 e. The standard InChI is InChI=1S/C16H11ClN2/c17-14-8-6-12(7-9-14)15-10-18-11-19-16(15)13-4-2-1-3-5-13/h1-11H. The fourth-order valence-electron chi connectivity index (χ4n) is 2.00. The third-order valence-corrected chi connectivity index (χ3v) is 3.17. The van der Waals surface area contributed by atoms with Gasteiger partial charge in [0.05, 0.1) is 5.69 Å². The maximum atomic E-state index is 5.92. The Morgan fingerprint density at radius 2 is 1.53 bits per heavy atom. The first kappa shape index (κ1) is 11.9. The average molecular weight is 267 g/mol. The Balaban J connectivity index is 2.15. The minimum Gasteiger partial charge on any atom is -0.244 e. The van der Waals surface area contributed by atoms with Crippen molar-refractivity contribution in [3.63, 3.8) is 0 Å². The Morgan fingerprint density at radius 3 is 2.26 bits per heavy atom. The Morgan fingerprint density at radius 1 is 0.789 bits per heavy atom. The monoisotopic (exact) mass is 266 g/mol. The van der Waals surface area contributed by atoms with Crippen molar-refractivity contribution in [1.29, 1.82) is 0 Å².